The summed E-state index contributed by atoms with van der Waals surface area (Å²) in [6.07, 6.45) is 1.16. The van der Waals surface area contributed by atoms with Crippen LogP contribution in [-0.4, -0.2) is 32.8 Å². The van der Waals surface area contributed by atoms with Gasteiger partial charge in [0.05, 0.1) is 12.9 Å². The molecule has 0 aromatic heterocycles. The highest BCUT2D eigenvalue weighted by Gasteiger charge is 2.22. The topological polar surface area (TPSA) is 82.0 Å². The predicted molar refractivity (Wildman–Crippen MR) is 118 cm³/mol. The van der Waals surface area contributed by atoms with Crippen LogP contribution in [0, 0.1) is 0 Å². The molecule has 0 aliphatic rings. The number of fused-ring (bicyclic) bond motifs is 1. The molecule has 0 saturated heterocycles. The van der Waals surface area contributed by atoms with Crippen molar-refractivity contribution in [2.45, 2.75) is 19.8 Å². The van der Waals surface area contributed by atoms with Gasteiger partial charge in [-0.05, 0) is 23.9 Å². The first kappa shape index (κ1) is 21.5. The Morgan fingerprint density at radius 3 is 2.27 bits per heavy atom. The van der Waals surface area contributed by atoms with E-state index in [2.05, 4.69) is 5.16 Å². The van der Waals surface area contributed by atoms with Gasteiger partial charge in [0.25, 0.3) is 0 Å². The molecule has 0 aliphatic heterocycles. The van der Waals surface area contributed by atoms with Crippen molar-refractivity contribution >= 4 is 32.4 Å². The molecular weight excluding hydrogens is 402 g/mol. The standard InChI is InChI=1S/C23H23NO5S/c1-3-4-16-30(26,27)29-24-22(17-10-6-5-7-11-17)23(25)20-14-15-21(28-2)19-13-9-8-12-18(19)20/h5-15H,3-4,16H2,1-2H3/b24-22+. The molecule has 0 saturated carbocycles. The summed E-state index contributed by atoms with van der Waals surface area (Å²) in [4.78, 5) is 13.4. The van der Waals surface area contributed by atoms with Crippen LogP contribution in [-0.2, 0) is 14.4 Å². The maximum atomic E-state index is 13.4. The van der Waals surface area contributed by atoms with Gasteiger partial charge in [0, 0.05) is 16.5 Å². The minimum absolute atomic E-state index is 0.0778. The van der Waals surface area contributed by atoms with Crippen molar-refractivity contribution in [3.63, 3.8) is 0 Å². The summed E-state index contributed by atoms with van der Waals surface area (Å²) in [5.41, 5.74) is 0.766. The van der Waals surface area contributed by atoms with Crippen molar-refractivity contribution in [2.75, 3.05) is 12.9 Å². The molecule has 156 valence electrons. The van der Waals surface area contributed by atoms with Gasteiger partial charge in [-0.1, -0.05) is 73.1 Å². The second-order valence-corrected chi connectivity index (χ2v) is 8.36. The SMILES string of the molecule is CCCCS(=O)(=O)O/N=C(/C(=O)c1ccc(OC)c2ccccc12)c1ccccc1. The van der Waals surface area contributed by atoms with Crippen molar-refractivity contribution in [2.24, 2.45) is 5.16 Å². The molecule has 0 radical (unpaired) electrons. The maximum absolute atomic E-state index is 13.4. The van der Waals surface area contributed by atoms with E-state index in [4.69, 9.17) is 9.02 Å². The van der Waals surface area contributed by atoms with Gasteiger partial charge >= 0.3 is 10.1 Å². The van der Waals surface area contributed by atoms with Crippen molar-refractivity contribution in [1.82, 2.24) is 0 Å². The van der Waals surface area contributed by atoms with Crippen molar-refractivity contribution in [1.29, 1.82) is 0 Å². The van der Waals surface area contributed by atoms with E-state index < -0.39 is 15.9 Å². The number of ether oxygens (including phenoxy) is 1. The third kappa shape index (κ3) is 4.86. The third-order valence-corrected chi connectivity index (χ3v) is 5.69. The zero-order valence-electron chi connectivity index (χ0n) is 16.9. The number of Topliss-reactive ketones (excluding diaryl/α,β-unsaturated/α-hetero) is 1. The van der Waals surface area contributed by atoms with Gasteiger partial charge in [0.15, 0.2) is 5.71 Å². The van der Waals surface area contributed by atoms with Crippen LogP contribution >= 0.6 is 0 Å². The molecule has 0 atom stereocenters. The lowest BCUT2D eigenvalue weighted by Gasteiger charge is -2.11. The number of benzene rings is 3. The fourth-order valence-corrected chi connectivity index (χ4v) is 3.95. The van der Waals surface area contributed by atoms with E-state index in [1.165, 1.54) is 0 Å². The Bertz CT molecular complexity index is 1170. The molecule has 0 fully saturated rings. The Balaban J connectivity index is 2.08. The molecule has 0 N–H and O–H groups in total. The summed E-state index contributed by atoms with van der Waals surface area (Å²) < 4.78 is 34.5. The summed E-state index contributed by atoms with van der Waals surface area (Å²) in [6, 6.07) is 19.4. The van der Waals surface area contributed by atoms with E-state index in [0.717, 1.165) is 5.39 Å². The highest BCUT2D eigenvalue weighted by Crippen LogP contribution is 2.29. The summed E-state index contributed by atoms with van der Waals surface area (Å²) in [6.45, 7) is 1.88. The van der Waals surface area contributed by atoms with Crippen molar-refractivity contribution in [3.8, 4) is 5.75 Å². The maximum Gasteiger partial charge on any atom is 0.328 e. The van der Waals surface area contributed by atoms with E-state index in [-0.39, 0.29) is 11.5 Å². The molecular formula is C23H23NO5S. The number of ketones is 1. The van der Waals surface area contributed by atoms with Crippen LogP contribution in [0.5, 0.6) is 5.75 Å². The monoisotopic (exact) mass is 425 g/mol. The summed E-state index contributed by atoms with van der Waals surface area (Å²) in [5, 5.41) is 5.24. The number of hydrogen-bond acceptors (Lipinski definition) is 6. The average molecular weight is 426 g/mol. The fraction of sp³-hybridized carbons (Fsp3) is 0.217. The zero-order chi connectivity index (χ0) is 21.6. The Labute approximate surface area is 176 Å². The quantitative estimate of drug-likeness (QED) is 0.285. The summed E-state index contributed by atoms with van der Waals surface area (Å²) in [5.74, 6) is 0.0406. The van der Waals surface area contributed by atoms with Crippen LogP contribution in [0.1, 0.15) is 35.7 Å². The number of nitrogens with zero attached hydrogens (tertiary/aromatic N) is 1. The molecule has 7 heteroatoms. The molecule has 30 heavy (non-hydrogen) atoms. The largest absolute Gasteiger partial charge is 0.496 e. The first-order valence-electron chi connectivity index (χ1n) is 9.62. The summed E-state index contributed by atoms with van der Waals surface area (Å²) >= 11 is 0. The molecule has 0 unspecified atom stereocenters. The second-order valence-electron chi connectivity index (χ2n) is 6.69. The van der Waals surface area contributed by atoms with Crippen molar-refractivity contribution < 1.29 is 22.2 Å². The lowest BCUT2D eigenvalue weighted by molar-refractivity contribution is 0.106. The highest BCUT2D eigenvalue weighted by molar-refractivity contribution is 7.86. The normalized spacial score (nSPS) is 12.0. The van der Waals surface area contributed by atoms with Gasteiger partial charge in [-0.3, -0.25) is 9.08 Å². The second kappa shape index (κ2) is 9.54. The predicted octanol–water partition coefficient (Wildman–Crippen LogP) is 4.58. The Kier molecular flexibility index (Phi) is 6.84. The van der Waals surface area contributed by atoms with Gasteiger partial charge in [-0.15, -0.1) is 0 Å². The Morgan fingerprint density at radius 2 is 1.60 bits per heavy atom. The van der Waals surface area contributed by atoms with Crippen LogP contribution in [0.3, 0.4) is 0 Å². The number of carbonyl (C=O) groups excluding carboxylic acids is 1. The Morgan fingerprint density at radius 1 is 0.933 bits per heavy atom. The van der Waals surface area contributed by atoms with Crippen molar-refractivity contribution in [3.05, 3.63) is 77.9 Å². The Hall–Kier alpha value is -3.19. The fourth-order valence-electron chi connectivity index (χ4n) is 3.05. The average Bonchev–Trinajstić information content (AvgIpc) is 2.77. The lowest BCUT2D eigenvalue weighted by atomic mass is 9.95. The van der Waals surface area contributed by atoms with Gasteiger partial charge < -0.3 is 4.74 Å². The smallest absolute Gasteiger partial charge is 0.328 e. The first-order chi connectivity index (χ1) is 14.5. The van der Waals surface area contributed by atoms with Crippen LogP contribution in [0.2, 0.25) is 0 Å². The van der Waals surface area contributed by atoms with E-state index in [0.29, 0.717) is 35.1 Å². The molecule has 3 rings (SSSR count). The minimum atomic E-state index is -3.88. The molecule has 3 aromatic carbocycles. The molecule has 0 aliphatic carbocycles. The van der Waals surface area contributed by atoms with E-state index in [1.54, 1.807) is 49.6 Å². The van der Waals surface area contributed by atoms with E-state index in [9.17, 15) is 13.2 Å². The minimum Gasteiger partial charge on any atom is -0.496 e. The zero-order valence-corrected chi connectivity index (χ0v) is 17.7. The van der Waals surface area contributed by atoms with Crippen LogP contribution in [0.15, 0.2) is 71.9 Å². The first-order valence-corrected chi connectivity index (χ1v) is 11.2. The lowest BCUT2D eigenvalue weighted by Crippen LogP contribution is -2.18. The molecule has 6 nitrogen and oxygen atoms in total. The number of oxime groups is 1. The molecule has 0 amide bonds. The number of carbonyl (C=O) groups is 1. The van der Waals surface area contributed by atoms with Gasteiger partial charge in [-0.25, -0.2) is 0 Å². The van der Waals surface area contributed by atoms with Gasteiger partial charge in [0.1, 0.15) is 5.75 Å². The number of rotatable bonds is 9. The molecule has 0 spiro atoms. The summed E-state index contributed by atoms with van der Waals surface area (Å²) in [7, 11) is -2.31. The molecule has 0 heterocycles. The number of unbranched alkanes of at least 4 members (excludes halogenated alkanes) is 1. The molecule has 3 aromatic rings. The van der Waals surface area contributed by atoms with E-state index in [1.807, 2.05) is 31.2 Å². The van der Waals surface area contributed by atoms with Crippen LogP contribution in [0.4, 0.5) is 0 Å². The third-order valence-electron chi connectivity index (χ3n) is 4.60. The number of hydrogen-bond donors (Lipinski definition) is 0. The van der Waals surface area contributed by atoms with Gasteiger partial charge in [0.2, 0.25) is 5.78 Å². The highest BCUT2D eigenvalue weighted by atomic mass is 32.2. The van der Waals surface area contributed by atoms with E-state index >= 15 is 0 Å². The van der Waals surface area contributed by atoms with Crippen LogP contribution < -0.4 is 4.74 Å². The number of methoxy groups -OCH3 is 1. The van der Waals surface area contributed by atoms with Crippen LogP contribution in [0.25, 0.3) is 10.8 Å². The van der Waals surface area contributed by atoms with Gasteiger partial charge in [-0.2, -0.15) is 8.42 Å². The molecule has 0 bridgehead atoms.